The van der Waals surface area contributed by atoms with Crippen LogP contribution in [0.25, 0.3) is 64.6 Å². The van der Waals surface area contributed by atoms with E-state index in [0.29, 0.717) is 23.6 Å². The zero-order valence-corrected chi connectivity index (χ0v) is 33.3. The molecular weight excluding hydrogens is 681 g/mol. The topological polar surface area (TPSA) is 74.6 Å². The maximum atomic E-state index is 14.9. The fourth-order valence-electron chi connectivity index (χ4n) is 9.24. The van der Waals surface area contributed by atoms with Crippen molar-refractivity contribution in [3.05, 3.63) is 60.7 Å². The first-order valence-electron chi connectivity index (χ1n) is 20.6. The van der Waals surface area contributed by atoms with Crippen molar-refractivity contribution in [3.63, 3.8) is 0 Å². The van der Waals surface area contributed by atoms with Crippen LogP contribution >= 0.6 is 0 Å². The summed E-state index contributed by atoms with van der Waals surface area (Å²) < 4.78 is 54.3. The lowest BCUT2D eigenvalue weighted by atomic mass is 9.83. The van der Waals surface area contributed by atoms with E-state index in [0.717, 1.165) is 81.6 Å². The summed E-state index contributed by atoms with van der Waals surface area (Å²) in [7, 11) is -8.08. The maximum Gasteiger partial charge on any atom is 0.0822 e. The standard InChI is InChI=1S/C46H60O4S2/c1-3-5-7-9-11-13-15-17-19-31-51(47,48)45-37-29-27-35-25-23-33-21-22-34-24-26-36-28-30-38(44-42(36)40(34)39(33)41(35)43(37)44)46(45)52(49,50)32-20-18-16-14-12-10-8-6-4-2/h21-30,51-52H,3-20,31-32H2,1-2H3,(H,47,48)(H,49,50). The lowest BCUT2D eigenvalue weighted by molar-refractivity contribution is 0.517. The van der Waals surface area contributed by atoms with E-state index in [9.17, 15) is 17.5 Å². The molecule has 0 bridgehead atoms. The molecule has 0 atom stereocenters. The van der Waals surface area contributed by atoms with E-state index in [1.165, 1.54) is 75.0 Å². The first-order valence-corrected chi connectivity index (χ1v) is 24.3. The molecular formula is C46H60O4S2. The lowest BCUT2D eigenvalue weighted by Crippen LogP contribution is -2.25. The quantitative estimate of drug-likeness (QED) is 0.0242. The van der Waals surface area contributed by atoms with Crippen molar-refractivity contribution in [3.8, 4) is 0 Å². The molecule has 0 unspecified atom stereocenters. The van der Waals surface area contributed by atoms with Gasteiger partial charge in [0.15, 0.2) is 0 Å². The molecule has 0 radical (unpaired) electrons. The highest BCUT2D eigenvalue weighted by Gasteiger charge is 2.31. The van der Waals surface area contributed by atoms with E-state index in [2.05, 4.69) is 62.4 Å². The Morgan fingerprint density at radius 1 is 0.365 bits per heavy atom. The number of unbranched alkanes of at least 4 members (excludes halogenated alkanes) is 16. The summed E-state index contributed by atoms with van der Waals surface area (Å²) in [5.41, 5.74) is 0. The second-order valence-electron chi connectivity index (χ2n) is 15.8. The largest absolute Gasteiger partial charge is 0.301 e. The molecule has 4 nitrogen and oxygen atoms in total. The number of rotatable bonds is 22. The van der Waals surface area contributed by atoms with E-state index in [1.807, 2.05) is 12.1 Å². The van der Waals surface area contributed by atoms with Gasteiger partial charge in [-0.2, -0.15) is 20.4 Å². The van der Waals surface area contributed by atoms with Gasteiger partial charge in [-0.25, -0.2) is 8.42 Å². The smallest absolute Gasteiger partial charge is 0.0822 e. The maximum absolute atomic E-state index is 14.9. The molecule has 280 valence electrons. The van der Waals surface area contributed by atoms with Gasteiger partial charge in [-0.15, -0.1) is 0 Å². The van der Waals surface area contributed by atoms with Crippen LogP contribution in [0.5, 0.6) is 0 Å². The number of benzene rings is 7. The summed E-state index contributed by atoms with van der Waals surface area (Å²) >= 11 is 0. The van der Waals surface area contributed by atoms with Crippen molar-refractivity contribution in [2.24, 2.45) is 0 Å². The van der Waals surface area contributed by atoms with E-state index in [1.54, 1.807) is 0 Å². The van der Waals surface area contributed by atoms with Crippen molar-refractivity contribution in [2.75, 3.05) is 11.5 Å². The van der Waals surface area contributed by atoms with Gasteiger partial charge in [0.05, 0.1) is 9.79 Å². The first kappa shape index (κ1) is 37.4. The minimum Gasteiger partial charge on any atom is -0.301 e. The molecule has 0 aromatic heterocycles. The number of thiol groups is 2. The molecule has 0 aliphatic carbocycles. The summed E-state index contributed by atoms with van der Waals surface area (Å²) in [6.07, 6.45) is 20.0. The Kier molecular flexibility index (Phi) is 11.7. The van der Waals surface area contributed by atoms with Gasteiger partial charge in [0.25, 0.3) is 0 Å². The normalized spacial score (nSPS) is 13.8. The summed E-state index contributed by atoms with van der Waals surface area (Å²) in [4.78, 5) is 0.502. The second-order valence-corrected chi connectivity index (χ2v) is 20.4. The molecule has 0 saturated heterocycles. The van der Waals surface area contributed by atoms with Gasteiger partial charge in [0.1, 0.15) is 0 Å². The van der Waals surface area contributed by atoms with Crippen LogP contribution in [-0.2, 0) is 20.4 Å². The van der Waals surface area contributed by atoms with Gasteiger partial charge in [-0.05, 0) is 55.9 Å². The van der Waals surface area contributed by atoms with Gasteiger partial charge in [-0.1, -0.05) is 177 Å². The Morgan fingerprint density at radius 2 is 0.615 bits per heavy atom. The average Bonchev–Trinajstić information content (AvgIpc) is 3.14. The Hall–Kier alpha value is -2.90. The average molecular weight is 741 g/mol. The van der Waals surface area contributed by atoms with Crippen LogP contribution in [0, 0.1) is 0 Å². The van der Waals surface area contributed by atoms with Crippen LogP contribution in [0.15, 0.2) is 70.5 Å². The van der Waals surface area contributed by atoms with E-state index in [-0.39, 0.29) is 21.3 Å². The molecule has 0 heterocycles. The molecule has 0 fully saturated rings. The van der Waals surface area contributed by atoms with Crippen LogP contribution in [0.1, 0.15) is 129 Å². The molecule has 7 aromatic rings. The summed E-state index contributed by atoms with van der Waals surface area (Å²) in [5.74, 6) is 0.260. The van der Waals surface area contributed by atoms with Crippen molar-refractivity contribution in [2.45, 2.75) is 139 Å². The van der Waals surface area contributed by atoms with E-state index >= 15 is 0 Å². The van der Waals surface area contributed by atoms with E-state index in [4.69, 9.17) is 0 Å². The highest BCUT2D eigenvalue weighted by Crippen LogP contribution is 2.52. The zero-order valence-electron chi connectivity index (χ0n) is 31.5. The van der Waals surface area contributed by atoms with Crippen LogP contribution in [-0.4, -0.2) is 29.0 Å². The third kappa shape index (κ3) is 7.18. The monoisotopic (exact) mass is 740 g/mol. The van der Waals surface area contributed by atoms with E-state index < -0.39 is 20.4 Å². The fraction of sp³-hybridized carbons (Fsp3) is 0.478. The highest BCUT2D eigenvalue weighted by atomic mass is 32.3. The predicted octanol–water partition coefficient (Wildman–Crippen LogP) is 13.7. The molecule has 2 N–H and O–H groups in total. The Labute approximate surface area is 312 Å². The molecule has 0 saturated carbocycles. The molecule has 0 amide bonds. The molecule has 52 heavy (non-hydrogen) atoms. The van der Waals surface area contributed by atoms with Crippen LogP contribution in [0.2, 0.25) is 0 Å². The SMILES string of the molecule is CCCCCCCCCCC[SH](=O)(O)c1c([SH](=O)(O)CCCCCCCCCCC)c2ccc3ccc4ccc5ccc6ccc1c1c6c5c4c3c21. The number of hydrogen-bond donors (Lipinski definition) is 4. The third-order valence-corrected chi connectivity index (χ3v) is 16.3. The summed E-state index contributed by atoms with van der Waals surface area (Å²) in [6, 6.07) is 21.1. The third-order valence-electron chi connectivity index (χ3n) is 11.9. The molecule has 7 aromatic carbocycles. The van der Waals surface area contributed by atoms with Crippen LogP contribution < -0.4 is 0 Å². The minimum atomic E-state index is -4.04. The molecule has 0 aliphatic heterocycles. The van der Waals surface area contributed by atoms with Crippen LogP contribution in [0.4, 0.5) is 0 Å². The number of hydrogen-bond acceptors (Lipinski definition) is 2. The Morgan fingerprint density at radius 3 is 0.923 bits per heavy atom. The van der Waals surface area contributed by atoms with Crippen molar-refractivity contribution in [1.82, 2.24) is 0 Å². The second kappa shape index (κ2) is 16.2. The molecule has 0 spiro atoms. The molecule has 0 aliphatic rings. The van der Waals surface area contributed by atoms with Gasteiger partial charge in [0, 0.05) is 33.1 Å². The lowest BCUT2D eigenvalue weighted by Gasteiger charge is -2.35. The van der Waals surface area contributed by atoms with Gasteiger partial charge in [0.2, 0.25) is 0 Å². The van der Waals surface area contributed by atoms with Crippen LogP contribution in [0.3, 0.4) is 0 Å². The van der Waals surface area contributed by atoms with Crippen molar-refractivity contribution >= 4 is 85.1 Å². The molecule has 7 rings (SSSR count). The predicted molar refractivity (Wildman–Crippen MR) is 230 cm³/mol. The minimum absolute atomic E-state index is 0.130. The zero-order chi connectivity index (χ0) is 36.3. The van der Waals surface area contributed by atoms with Crippen molar-refractivity contribution in [1.29, 1.82) is 0 Å². The Bertz CT molecular complexity index is 2170. The summed E-state index contributed by atoms with van der Waals surface area (Å²) in [6.45, 7) is 4.47. The van der Waals surface area contributed by atoms with Gasteiger partial charge in [-0.3, -0.25) is 0 Å². The fourth-order valence-corrected chi connectivity index (χ4v) is 14.0. The first-order chi connectivity index (χ1) is 25.3. The highest BCUT2D eigenvalue weighted by molar-refractivity contribution is 8.01. The van der Waals surface area contributed by atoms with Gasteiger partial charge < -0.3 is 9.11 Å². The molecule has 6 heteroatoms. The van der Waals surface area contributed by atoms with Gasteiger partial charge >= 0.3 is 0 Å². The Balaban J connectivity index is 1.30. The summed E-state index contributed by atoms with van der Waals surface area (Å²) in [5, 5.41) is 12.3. The van der Waals surface area contributed by atoms with Crippen molar-refractivity contribution < 1.29 is 17.5 Å².